The highest BCUT2D eigenvalue weighted by atomic mass is 79.9. The fourth-order valence-electron chi connectivity index (χ4n) is 1.16. The number of esters is 1. The van der Waals surface area contributed by atoms with Gasteiger partial charge in [-0.05, 0) is 12.0 Å². The van der Waals surface area contributed by atoms with Gasteiger partial charge in [0.05, 0.1) is 7.11 Å². The van der Waals surface area contributed by atoms with Crippen molar-refractivity contribution in [3.63, 3.8) is 0 Å². The van der Waals surface area contributed by atoms with E-state index in [9.17, 15) is 4.79 Å². The molecule has 4 heteroatoms. The summed E-state index contributed by atoms with van der Waals surface area (Å²) in [5.41, 5.74) is 1.09. The third-order valence-electron chi connectivity index (χ3n) is 1.90. The number of hydrogen-bond acceptors (Lipinski definition) is 3. The Labute approximate surface area is 91.8 Å². The molecule has 1 aromatic rings. The lowest BCUT2D eigenvalue weighted by molar-refractivity contribution is -0.142. The summed E-state index contributed by atoms with van der Waals surface area (Å²) in [6.07, 6.45) is 0.610. The Morgan fingerprint density at radius 3 is 2.64 bits per heavy atom. The average Bonchev–Trinajstić information content (AvgIpc) is 2.26. The summed E-state index contributed by atoms with van der Waals surface area (Å²) in [7, 11) is 1.38. The van der Waals surface area contributed by atoms with Crippen molar-refractivity contribution in [1.29, 1.82) is 0 Å². The van der Waals surface area contributed by atoms with Crippen molar-refractivity contribution in [2.75, 3.05) is 7.11 Å². The van der Waals surface area contributed by atoms with Gasteiger partial charge in [0.1, 0.15) is 6.04 Å². The van der Waals surface area contributed by atoms with E-state index in [4.69, 9.17) is 0 Å². The first kappa shape index (κ1) is 11.2. The standard InChI is InChI=1S/C10H12BrNO2/c1-14-10(13)9(12-11)7-8-5-3-2-4-6-8/h2-6,9,12H,7H2,1H3/t9-/m0/s1. The monoisotopic (exact) mass is 257 g/mol. The second kappa shape index (κ2) is 5.78. The Morgan fingerprint density at radius 2 is 2.14 bits per heavy atom. The van der Waals surface area contributed by atoms with Crippen molar-refractivity contribution in [2.45, 2.75) is 12.5 Å². The zero-order chi connectivity index (χ0) is 10.4. The van der Waals surface area contributed by atoms with Crippen LogP contribution in [-0.4, -0.2) is 19.1 Å². The van der Waals surface area contributed by atoms with Crippen molar-refractivity contribution in [1.82, 2.24) is 4.34 Å². The van der Waals surface area contributed by atoms with Crippen LogP contribution in [0.5, 0.6) is 0 Å². The first-order chi connectivity index (χ1) is 6.77. The van der Waals surface area contributed by atoms with Crippen LogP contribution in [0, 0.1) is 0 Å². The minimum atomic E-state index is -0.345. The van der Waals surface area contributed by atoms with Crippen LogP contribution in [0.3, 0.4) is 0 Å². The van der Waals surface area contributed by atoms with Gasteiger partial charge in [0, 0.05) is 16.1 Å². The molecule has 1 rings (SSSR count). The number of carbonyl (C=O) groups is 1. The van der Waals surface area contributed by atoms with E-state index in [1.54, 1.807) is 0 Å². The minimum Gasteiger partial charge on any atom is -0.468 e. The Bertz CT molecular complexity index is 289. The first-order valence-corrected chi connectivity index (χ1v) is 5.05. The van der Waals surface area contributed by atoms with Gasteiger partial charge < -0.3 is 4.74 Å². The van der Waals surface area contributed by atoms with Crippen molar-refractivity contribution in [3.8, 4) is 0 Å². The fourth-order valence-corrected chi connectivity index (χ4v) is 1.51. The molecular weight excluding hydrogens is 246 g/mol. The molecule has 0 unspecified atom stereocenters. The maximum absolute atomic E-state index is 11.2. The van der Waals surface area contributed by atoms with Crippen molar-refractivity contribution >= 4 is 22.1 Å². The van der Waals surface area contributed by atoms with Gasteiger partial charge >= 0.3 is 5.97 Å². The average molecular weight is 258 g/mol. The molecule has 0 radical (unpaired) electrons. The molecular formula is C10H12BrNO2. The number of methoxy groups -OCH3 is 1. The van der Waals surface area contributed by atoms with Crippen molar-refractivity contribution < 1.29 is 9.53 Å². The van der Waals surface area contributed by atoms with E-state index in [1.807, 2.05) is 30.3 Å². The first-order valence-electron chi connectivity index (χ1n) is 4.26. The molecule has 0 saturated carbocycles. The SMILES string of the molecule is COC(=O)[C@H](Cc1ccccc1)NBr. The zero-order valence-electron chi connectivity index (χ0n) is 7.87. The Balaban J connectivity index is 2.62. The summed E-state index contributed by atoms with van der Waals surface area (Å²) < 4.78 is 7.38. The van der Waals surface area contributed by atoms with E-state index in [2.05, 4.69) is 25.2 Å². The minimum absolute atomic E-state index is 0.272. The summed E-state index contributed by atoms with van der Waals surface area (Å²) >= 11 is 3.06. The largest absolute Gasteiger partial charge is 0.468 e. The molecule has 1 atom stereocenters. The normalized spacial score (nSPS) is 12.1. The van der Waals surface area contributed by atoms with Gasteiger partial charge in [-0.2, -0.15) is 0 Å². The van der Waals surface area contributed by atoms with Crippen LogP contribution < -0.4 is 4.34 Å². The maximum Gasteiger partial charge on any atom is 0.324 e. The van der Waals surface area contributed by atoms with E-state index in [0.717, 1.165) is 5.56 Å². The van der Waals surface area contributed by atoms with Crippen LogP contribution >= 0.6 is 16.1 Å². The van der Waals surface area contributed by atoms with Crippen LogP contribution in [0.1, 0.15) is 5.56 Å². The van der Waals surface area contributed by atoms with Crippen LogP contribution in [0.15, 0.2) is 30.3 Å². The van der Waals surface area contributed by atoms with Gasteiger partial charge in [0.25, 0.3) is 0 Å². The van der Waals surface area contributed by atoms with E-state index in [0.29, 0.717) is 6.42 Å². The number of hydrogen-bond donors (Lipinski definition) is 1. The predicted octanol–water partition coefficient (Wildman–Crippen LogP) is 1.67. The van der Waals surface area contributed by atoms with Gasteiger partial charge in [0.2, 0.25) is 0 Å². The molecule has 0 saturated heterocycles. The Hall–Kier alpha value is -0.870. The third kappa shape index (κ3) is 3.12. The molecule has 0 amide bonds. The summed E-state index contributed by atoms with van der Waals surface area (Å²) in [6.45, 7) is 0. The number of halogens is 1. The van der Waals surface area contributed by atoms with E-state index in [-0.39, 0.29) is 12.0 Å². The lowest BCUT2D eigenvalue weighted by atomic mass is 10.1. The topological polar surface area (TPSA) is 38.3 Å². The molecule has 3 nitrogen and oxygen atoms in total. The lowest BCUT2D eigenvalue weighted by Crippen LogP contribution is -2.33. The molecule has 0 aliphatic carbocycles. The van der Waals surface area contributed by atoms with Crippen molar-refractivity contribution in [3.05, 3.63) is 35.9 Å². The highest BCUT2D eigenvalue weighted by Crippen LogP contribution is 2.05. The fraction of sp³-hybridized carbons (Fsp3) is 0.300. The van der Waals surface area contributed by atoms with Gasteiger partial charge in [-0.25, -0.2) is 4.34 Å². The van der Waals surface area contributed by atoms with E-state index < -0.39 is 0 Å². The molecule has 0 spiro atoms. The molecule has 0 aliphatic rings. The van der Waals surface area contributed by atoms with Gasteiger partial charge in [-0.1, -0.05) is 30.3 Å². The number of nitrogens with one attached hydrogen (secondary N) is 1. The summed E-state index contributed by atoms with van der Waals surface area (Å²) in [5.74, 6) is -0.272. The van der Waals surface area contributed by atoms with Crippen LogP contribution in [0.4, 0.5) is 0 Å². The van der Waals surface area contributed by atoms with Crippen LogP contribution in [0.2, 0.25) is 0 Å². The molecule has 0 bridgehead atoms. The molecule has 76 valence electrons. The molecule has 0 heterocycles. The van der Waals surface area contributed by atoms with E-state index >= 15 is 0 Å². The lowest BCUT2D eigenvalue weighted by Gasteiger charge is -2.11. The smallest absolute Gasteiger partial charge is 0.324 e. The molecule has 0 aliphatic heterocycles. The number of benzene rings is 1. The van der Waals surface area contributed by atoms with Crippen LogP contribution in [-0.2, 0) is 16.0 Å². The van der Waals surface area contributed by atoms with Crippen LogP contribution in [0.25, 0.3) is 0 Å². The summed E-state index contributed by atoms with van der Waals surface area (Å²) in [6, 6.07) is 9.43. The maximum atomic E-state index is 11.2. The summed E-state index contributed by atoms with van der Waals surface area (Å²) in [5, 5.41) is 0. The Kier molecular flexibility index (Phi) is 4.62. The van der Waals surface area contributed by atoms with Gasteiger partial charge in [-0.3, -0.25) is 4.79 Å². The predicted molar refractivity (Wildman–Crippen MR) is 58.0 cm³/mol. The highest BCUT2D eigenvalue weighted by Gasteiger charge is 2.17. The van der Waals surface area contributed by atoms with Crippen molar-refractivity contribution in [2.24, 2.45) is 0 Å². The number of rotatable bonds is 4. The molecule has 1 aromatic carbocycles. The second-order valence-electron chi connectivity index (χ2n) is 2.87. The number of carbonyl (C=O) groups excluding carboxylic acids is 1. The zero-order valence-corrected chi connectivity index (χ0v) is 9.45. The number of ether oxygens (including phenoxy) is 1. The second-order valence-corrected chi connectivity index (χ2v) is 3.33. The third-order valence-corrected chi connectivity index (χ3v) is 2.45. The summed E-state index contributed by atoms with van der Waals surface area (Å²) in [4.78, 5) is 11.2. The van der Waals surface area contributed by atoms with E-state index in [1.165, 1.54) is 7.11 Å². The highest BCUT2D eigenvalue weighted by molar-refractivity contribution is 9.08. The molecule has 0 aromatic heterocycles. The van der Waals surface area contributed by atoms with Gasteiger partial charge in [0.15, 0.2) is 0 Å². The molecule has 1 N–H and O–H groups in total. The Morgan fingerprint density at radius 1 is 1.50 bits per heavy atom. The quantitative estimate of drug-likeness (QED) is 0.659. The molecule has 0 fully saturated rings. The van der Waals surface area contributed by atoms with Gasteiger partial charge in [-0.15, -0.1) is 0 Å². The molecule has 14 heavy (non-hydrogen) atoms.